The second kappa shape index (κ2) is 13.2. The van der Waals surface area contributed by atoms with Gasteiger partial charge in [0.05, 0.1) is 12.1 Å². The fourth-order valence-corrected chi connectivity index (χ4v) is 2.85. The van der Waals surface area contributed by atoms with E-state index in [0.717, 1.165) is 31.2 Å². The van der Waals surface area contributed by atoms with E-state index in [1.54, 1.807) is 6.92 Å². The molecule has 1 aromatic carbocycles. The second-order valence-corrected chi connectivity index (χ2v) is 8.84. The lowest BCUT2D eigenvalue weighted by molar-refractivity contribution is -0.153. The zero-order chi connectivity index (χ0) is 22.5. The van der Waals surface area contributed by atoms with Crippen molar-refractivity contribution in [2.75, 3.05) is 19.6 Å². The summed E-state index contributed by atoms with van der Waals surface area (Å²) < 4.78 is 10.4. The monoisotopic (exact) mass is 422 g/mol. The zero-order valence-corrected chi connectivity index (χ0v) is 18.8. The molecule has 0 spiro atoms. The van der Waals surface area contributed by atoms with E-state index in [1.807, 2.05) is 51.1 Å². The molecule has 0 aliphatic heterocycles. The number of ether oxygens (including phenoxy) is 2. The van der Waals surface area contributed by atoms with Gasteiger partial charge in [-0.2, -0.15) is 0 Å². The molecule has 7 heteroatoms. The molecule has 1 amide bonds. The van der Waals surface area contributed by atoms with Crippen LogP contribution >= 0.6 is 0 Å². The molecule has 170 valence electrons. The summed E-state index contributed by atoms with van der Waals surface area (Å²) in [5.74, 6) is -0.326. The van der Waals surface area contributed by atoms with E-state index in [-0.39, 0.29) is 19.1 Å². The number of nitrogens with one attached hydrogen (secondary N) is 2. The molecule has 1 atom stereocenters. The summed E-state index contributed by atoms with van der Waals surface area (Å²) in [7, 11) is 0. The van der Waals surface area contributed by atoms with E-state index >= 15 is 0 Å². The van der Waals surface area contributed by atoms with Crippen molar-refractivity contribution in [3.05, 3.63) is 35.9 Å². The number of carbonyl (C=O) groups is 2. The molecule has 1 aromatic rings. The molecule has 0 saturated carbocycles. The largest absolute Gasteiger partial charge is 0.459 e. The van der Waals surface area contributed by atoms with Crippen LogP contribution in [-0.2, 0) is 20.9 Å². The lowest BCUT2D eigenvalue weighted by atomic mass is 9.98. The van der Waals surface area contributed by atoms with Crippen LogP contribution in [0.3, 0.4) is 0 Å². The van der Waals surface area contributed by atoms with Gasteiger partial charge in [-0.1, -0.05) is 49.6 Å². The van der Waals surface area contributed by atoms with Gasteiger partial charge in [0.15, 0.2) is 0 Å². The first-order chi connectivity index (χ1) is 14.1. The van der Waals surface area contributed by atoms with Crippen LogP contribution in [0.25, 0.3) is 0 Å². The standard InChI is InChI=1S/C23H38N2O5/c1-22(2,3)30-20(26)16-24-18-23(4,28)14-10-5-6-11-15-25-21(27)29-17-19-12-8-7-9-13-19/h7-9,12-13,24,28H,5-6,10-11,14-18H2,1-4H3,(H,25,27). The van der Waals surface area contributed by atoms with Crippen molar-refractivity contribution >= 4 is 12.1 Å². The molecule has 7 nitrogen and oxygen atoms in total. The molecule has 0 saturated heterocycles. The molecule has 0 radical (unpaired) electrons. The van der Waals surface area contributed by atoms with Crippen LogP contribution in [-0.4, -0.2) is 48.0 Å². The first-order valence-corrected chi connectivity index (χ1v) is 10.7. The molecular formula is C23H38N2O5. The molecule has 0 bridgehead atoms. The van der Waals surface area contributed by atoms with Gasteiger partial charge in [-0.15, -0.1) is 0 Å². The number of amides is 1. The second-order valence-electron chi connectivity index (χ2n) is 8.84. The fourth-order valence-electron chi connectivity index (χ4n) is 2.85. The number of aliphatic hydroxyl groups is 1. The highest BCUT2D eigenvalue weighted by Crippen LogP contribution is 2.14. The number of rotatable bonds is 13. The van der Waals surface area contributed by atoms with Gasteiger partial charge in [0, 0.05) is 13.1 Å². The van der Waals surface area contributed by atoms with Crippen molar-refractivity contribution in [2.24, 2.45) is 0 Å². The lowest BCUT2D eigenvalue weighted by Crippen LogP contribution is -2.41. The van der Waals surface area contributed by atoms with Crippen LogP contribution in [0.1, 0.15) is 65.4 Å². The first kappa shape index (κ1) is 25.9. The number of esters is 1. The van der Waals surface area contributed by atoms with Crippen LogP contribution in [0, 0.1) is 0 Å². The van der Waals surface area contributed by atoms with Crippen molar-refractivity contribution in [1.29, 1.82) is 0 Å². The molecule has 3 N–H and O–H groups in total. The third-order valence-electron chi connectivity index (χ3n) is 4.32. The molecule has 0 fully saturated rings. The summed E-state index contributed by atoms with van der Waals surface area (Å²) in [4.78, 5) is 23.3. The van der Waals surface area contributed by atoms with Gasteiger partial charge >= 0.3 is 12.1 Å². The average molecular weight is 423 g/mol. The van der Waals surface area contributed by atoms with Crippen molar-refractivity contribution in [1.82, 2.24) is 10.6 Å². The van der Waals surface area contributed by atoms with Gasteiger partial charge in [0.2, 0.25) is 0 Å². The molecule has 0 aliphatic rings. The number of hydrogen-bond donors (Lipinski definition) is 3. The van der Waals surface area contributed by atoms with E-state index < -0.39 is 17.3 Å². The van der Waals surface area contributed by atoms with Crippen LogP contribution in [0.2, 0.25) is 0 Å². The molecule has 0 heterocycles. The minimum atomic E-state index is -0.874. The minimum absolute atomic E-state index is 0.0828. The Bertz CT molecular complexity index is 626. The van der Waals surface area contributed by atoms with Gasteiger partial charge in [0.1, 0.15) is 12.2 Å². The Morgan fingerprint density at radius 3 is 2.33 bits per heavy atom. The molecule has 1 rings (SSSR count). The topological polar surface area (TPSA) is 96.9 Å². The maximum atomic E-state index is 11.7. The highest BCUT2D eigenvalue weighted by Gasteiger charge is 2.21. The van der Waals surface area contributed by atoms with Gasteiger partial charge < -0.3 is 25.2 Å². The predicted molar refractivity (Wildman–Crippen MR) is 117 cm³/mol. The van der Waals surface area contributed by atoms with Gasteiger partial charge in [-0.3, -0.25) is 4.79 Å². The first-order valence-electron chi connectivity index (χ1n) is 10.7. The van der Waals surface area contributed by atoms with Crippen molar-refractivity contribution in [2.45, 2.75) is 77.6 Å². The van der Waals surface area contributed by atoms with E-state index in [2.05, 4.69) is 10.6 Å². The van der Waals surface area contributed by atoms with Crippen LogP contribution in [0.15, 0.2) is 30.3 Å². The number of carbonyl (C=O) groups excluding carboxylic acids is 2. The highest BCUT2D eigenvalue weighted by molar-refractivity contribution is 5.72. The van der Waals surface area contributed by atoms with Crippen LogP contribution < -0.4 is 10.6 Å². The van der Waals surface area contributed by atoms with Crippen molar-refractivity contribution < 1.29 is 24.2 Å². The number of alkyl carbamates (subject to hydrolysis) is 1. The lowest BCUT2D eigenvalue weighted by Gasteiger charge is -2.24. The van der Waals surface area contributed by atoms with E-state index in [1.165, 1.54) is 0 Å². The fraction of sp³-hybridized carbons (Fsp3) is 0.652. The van der Waals surface area contributed by atoms with E-state index in [9.17, 15) is 14.7 Å². The average Bonchev–Trinajstić information content (AvgIpc) is 2.64. The van der Waals surface area contributed by atoms with E-state index in [0.29, 0.717) is 19.5 Å². The minimum Gasteiger partial charge on any atom is -0.459 e. The number of hydrogen-bond acceptors (Lipinski definition) is 6. The summed E-state index contributed by atoms with van der Waals surface area (Å²) in [5.41, 5.74) is -0.420. The van der Waals surface area contributed by atoms with Gasteiger partial charge in [0.25, 0.3) is 0 Å². The maximum Gasteiger partial charge on any atom is 0.407 e. The molecular weight excluding hydrogens is 384 g/mol. The van der Waals surface area contributed by atoms with Gasteiger partial charge in [-0.25, -0.2) is 4.79 Å². The molecule has 1 unspecified atom stereocenters. The van der Waals surface area contributed by atoms with Crippen molar-refractivity contribution in [3.8, 4) is 0 Å². The maximum absolute atomic E-state index is 11.7. The molecule has 0 aromatic heterocycles. The highest BCUT2D eigenvalue weighted by atomic mass is 16.6. The Morgan fingerprint density at radius 2 is 1.67 bits per heavy atom. The number of benzene rings is 1. The number of unbranched alkanes of at least 4 members (excludes halogenated alkanes) is 3. The summed E-state index contributed by atoms with van der Waals surface area (Å²) in [5, 5.41) is 16.1. The summed E-state index contributed by atoms with van der Waals surface area (Å²) in [6, 6.07) is 9.56. The third-order valence-corrected chi connectivity index (χ3v) is 4.32. The summed E-state index contributed by atoms with van der Waals surface area (Å²) in [6.07, 6.45) is 3.89. The SMILES string of the molecule is CC(O)(CCCCCCNC(=O)OCc1ccccc1)CNCC(=O)OC(C)(C)C. The summed E-state index contributed by atoms with van der Waals surface area (Å²) >= 11 is 0. The predicted octanol–water partition coefficient (Wildman–Crippen LogP) is 3.55. The van der Waals surface area contributed by atoms with Gasteiger partial charge in [-0.05, 0) is 46.1 Å². The Balaban J connectivity index is 2.01. The molecule has 0 aliphatic carbocycles. The Kier molecular flexibility index (Phi) is 11.4. The zero-order valence-electron chi connectivity index (χ0n) is 18.8. The Morgan fingerprint density at radius 1 is 1.00 bits per heavy atom. The Labute approximate surface area is 180 Å². The Hall–Kier alpha value is -2.12. The van der Waals surface area contributed by atoms with E-state index in [4.69, 9.17) is 9.47 Å². The third kappa shape index (κ3) is 14.0. The van der Waals surface area contributed by atoms with Crippen LogP contribution in [0.5, 0.6) is 0 Å². The summed E-state index contributed by atoms with van der Waals surface area (Å²) in [6.45, 7) is 8.49. The van der Waals surface area contributed by atoms with Crippen LogP contribution in [0.4, 0.5) is 4.79 Å². The van der Waals surface area contributed by atoms with Crippen molar-refractivity contribution in [3.63, 3.8) is 0 Å². The smallest absolute Gasteiger partial charge is 0.407 e. The quantitative estimate of drug-likeness (QED) is 0.332. The molecule has 30 heavy (non-hydrogen) atoms. The normalized spacial score (nSPS) is 13.4.